The summed E-state index contributed by atoms with van der Waals surface area (Å²) in [6, 6.07) is 0. The van der Waals surface area contributed by atoms with E-state index < -0.39 is 18.4 Å². The lowest BCUT2D eigenvalue weighted by molar-refractivity contribution is -0.870. The Hall–Kier alpha value is -2.49. The minimum absolute atomic E-state index is 0.177. The Morgan fingerprint density at radius 1 is 0.345 bits per heavy atom. The van der Waals surface area contributed by atoms with E-state index in [9.17, 15) is 19.5 Å². The number of carbonyl (C=O) groups is 3. The Morgan fingerprint density at radius 2 is 0.621 bits per heavy atom. The van der Waals surface area contributed by atoms with Gasteiger partial charge in [0, 0.05) is 12.8 Å². The number of nitrogens with zero attached hydrogens (tertiary/aromatic N) is 1. The number of hydrogen-bond acceptors (Lipinski definition) is 7. The van der Waals surface area contributed by atoms with Gasteiger partial charge in [0.25, 0.3) is 6.29 Å². The van der Waals surface area contributed by atoms with E-state index in [1.54, 1.807) is 0 Å². The summed E-state index contributed by atoms with van der Waals surface area (Å²) in [7, 11) is 5.99. The molecule has 0 saturated carbocycles. The number of carboxylic acid groups (broad SMARTS) is 1. The molecule has 87 heavy (non-hydrogen) atoms. The van der Waals surface area contributed by atoms with Gasteiger partial charge in [0.05, 0.1) is 34.4 Å². The molecule has 0 aromatic heterocycles. The maximum Gasteiger partial charge on any atom is 0.361 e. The fraction of sp³-hybridized carbons (Fsp3) is 0.885. The maximum absolute atomic E-state index is 13.0. The first kappa shape index (κ1) is 84.5. The molecular formula is C78H148NO8+. The molecule has 1 N–H and O–H groups in total. The van der Waals surface area contributed by atoms with E-state index in [2.05, 4.69) is 50.3 Å². The van der Waals surface area contributed by atoms with E-state index in [1.165, 1.54) is 315 Å². The van der Waals surface area contributed by atoms with E-state index in [-0.39, 0.29) is 38.2 Å². The first-order chi connectivity index (χ1) is 42.6. The molecule has 0 radical (unpaired) electrons. The average molecular weight is 1230 g/mol. The van der Waals surface area contributed by atoms with Crippen LogP contribution in [0.5, 0.6) is 0 Å². The largest absolute Gasteiger partial charge is 0.477 e. The molecule has 0 saturated heterocycles. The Bertz CT molecular complexity index is 1520. The molecule has 0 aliphatic rings. The van der Waals surface area contributed by atoms with Crippen molar-refractivity contribution in [1.29, 1.82) is 0 Å². The Morgan fingerprint density at radius 3 is 0.920 bits per heavy atom. The van der Waals surface area contributed by atoms with Gasteiger partial charge in [0.1, 0.15) is 13.2 Å². The molecule has 0 aliphatic carbocycles. The van der Waals surface area contributed by atoms with Crippen LogP contribution < -0.4 is 0 Å². The van der Waals surface area contributed by atoms with Gasteiger partial charge in [-0.25, -0.2) is 4.79 Å². The van der Waals surface area contributed by atoms with Gasteiger partial charge in [-0.3, -0.25) is 9.59 Å². The smallest absolute Gasteiger partial charge is 0.361 e. The molecule has 0 spiro atoms. The van der Waals surface area contributed by atoms with Crippen LogP contribution in [0, 0.1) is 0 Å². The van der Waals surface area contributed by atoms with Crippen LogP contribution in [0.25, 0.3) is 0 Å². The van der Waals surface area contributed by atoms with Crippen LogP contribution in [0.4, 0.5) is 0 Å². The molecule has 0 rings (SSSR count). The predicted molar refractivity (Wildman–Crippen MR) is 374 cm³/mol. The highest BCUT2D eigenvalue weighted by Crippen LogP contribution is 2.19. The minimum atomic E-state index is -1.51. The second-order valence-electron chi connectivity index (χ2n) is 27.3. The monoisotopic (exact) mass is 1230 g/mol. The van der Waals surface area contributed by atoms with Gasteiger partial charge in [0.2, 0.25) is 0 Å². The van der Waals surface area contributed by atoms with E-state index in [0.29, 0.717) is 17.4 Å². The molecule has 0 amide bonds. The van der Waals surface area contributed by atoms with Crippen molar-refractivity contribution in [3.63, 3.8) is 0 Å². The zero-order valence-electron chi connectivity index (χ0n) is 58.7. The van der Waals surface area contributed by atoms with E-state index in [1.807, 2.05) is 21.1 Å². The van der Waals surface area contributed by atoms with E-state index >= 15 is 0 Å². The summed E-state index contributed by atoms with van der Waals surface area (Å²) in [6.45, 7) is 4.94. The predicted octanol–water partition coefficient (Wildman–Crippen LogP) is 23.9. The van der Waals surface area contributed by atoms with Crippen molar-refractivity contribution in [3.8, 4) is 0 Å². The molecule has 0 aromatic carbocycles. The van der Waals surface area contributed by atoms with Crippen molar-refractivity contribution in [2.75, 3.05) is 47.5 Å². The summed E-state index contributed by atoms with van der Waals surface area (Å²) < 4.78 is 23.0. The second-order valence-corrected chi connectivity index (χ2v) is 27.3. The van der Waals surface area contributed by atoms with Crippen molar-refractivity contribution in [2.45, 2.75) is 399 Å². The summed E-state index contributed by atoms with van der Waals surface area (Å²) in [4.78, 5) is 37.7. The first-order valence-corrected chi connectivity index (χ1v) is 38.2. The van der Waals surface area contributed by atoms with Crippen LogP contribution in [0.1, 0.15) is 386 Å². The van der Waals surface area contributed by atoms with Gasteiger partial charge < -0.3 is 28.5 Å². The number of carbonyl (C=O) groups excluding carboxylic acids is 2. The third-order valence-corrected chi connectivity index (χ3v) is 17.4. The molecule has 2 atom stereocenters. The molecule has 512 valence electrons. The number of unbranched alkanes of at least 4 members (excludes halogenated alkanes) is 51. The van der Waals surface area contributed by atoms with Gasteiger partial charge in [0.15, 0.2) is 6.10 Å². The summed E-state index contributed by atoms with van der Waals surface area (Å²) in [5.41, 5.74) is 0. The zero-order chi connectivity index (χ0) is 63.3. The molecule has 0 aliphatic heterocycles. The molecule has 0 bridgehead atoms. The number of aliphatic carboxylic acids is 1. The summed E-state index contributed by atoms with van der Waals surface area (Å²) in [6.07, 6.45) is 85.8. The molecule has 0 fully saturated rings. The van der Waals surface area contributed by atoms with Crippen molar-refractivity contribution < 1.29 is 42.9 Å². The van der Waals surface area contributed by atoms with Crippen LogP contribution in [0.3, 0.4) is 0 Å². The zero-order valence-corrected chi connectivity index (χ0v) is 58.7. The average Bonchev–Trinajstić information content (AvgIpc) is 3.55. The fourth-order valence-corrected chi connectivity index (χ4v) is 11.5. The number of likely N-dealkylation sites (N-methyl/N-ethyl adjacent to an activating group) is 1. The number of esters is 2. The van der Waals surface area contributed by atoms with Crippen molar-refractivity contribution in [1.82, 2.24) is 0 Å². The van der Waals surface area contributed by atoms with Gasteiger partial charge in [-0.2, -0.15) is 0 Å². The van der Waals surface area contributed by atoms with Gasteiger partial charge in [-0.05, 0) is 70.6 Å². The highest BCUT2D eigenvalue weighted by atomic mass is 16.7. The number of carboxylic acids is 1. The molecule has 0 heterocycles. The normalized spacial score (nSPS) is 12.8. The number of allylic oxidation sites excluding steroid dienone is 6. The Balaban J connectivity index is 3.96. The lowest BCUT2D eigenvalue weighted by Crippen LogP contribution is -2.40. The number of quaternary nitrogens is 1. The van der Waals surface area contributed by atoms with Crippen molar-refractivity contribution in [3.05, 3.63) is 36.5 Å². The van der Waals surface area contributed by atoms with Crippen molar-refractivity contribution >= 4 is 17.9 Å². The summed E-state index contributed by atoms with van der Waals surface area (Å²) in [5, 5.41) is 9.75. The topological polar surface area (TPSA) is 108 Å². The standard InChI is InChI=1S/C78H147NO8/c1-6-8-10-12-14-16-18-20-22-24-26-28-30-31-32-33-34-35-36-37-38-39-40-41-42-43-44-45-47-49-51-53-55-57-59-61-63-65-67-69-76(81)87-74(73-86-78(77(82)83)84-71-70-79(3,4)5)72-85-75(80)68-66-64-62-60-58-56-54-52-50-48-46-29-27-25-23-21-19-17-15-13-11-9-7-2/h18,20,24-27,74,78H,6-17,19,21-23,28-73H2,1-5H3/p+1/b20-18-,26-24-,27-25-. The third-order valence-electron chi connectivity index (χ3n) is 17.4. The summed E-state index contributed by atoms with van der Waals surface area (Å²) >= 11 is 0. The number of ether oxygens (including phenoxy) is 4. The lowest BCUT2D eigenvalue weighted by Gasteiger charge is -2.25. The lowest BCUT2D eigenvalue weighted by atomic mass is 10.0. The van der Waals surface area contributed by atoms with Crippen LogP contribution >= 0.6 is 0 Å². The van der Waals surface area contributed by atoms with Crippen LogP contribution in [0.15, 0.2) is 36.5 Å². The van der Waals surface area contributed by atoms with Gasteiger partial charge >= 0.3 is 17.9 Å². The third kappa shape index (κ3) is 70.8. The molecule has 0 aromatic rings. The highest BCUT2D eigenvalue weighted by Gasteiger charge is 2.25. The summed E-state index contributed by atoms with van der Waals surface area (Å²) in [5.74, 6) is -1.98. The Kier molecular flexibility index (Phi) is 67.4. The van der Waals surface area contributed by atoms with Crippen molar-refractivity contribution in [2.24, 2.45) is 0 Å². The Labute approximate surface area is 540 Å². The molecule has 9 nitrogen and oxygen atoms in total. The van der Waals surface area contributed by atoms with Crippen LogP contribution in [0.2, 0.25) is 0 Å². The van der Waals surface area contributed by atoms with Gasteiger partial charge in [-0.1, -0.05) is 339 Å². The van der Waals surface area contributed by atoms with Crippen LogP contribution in [-0.2, 0) is 33.3 Å². The quantitative estimate of drug-likeness (QED) is 0.0211. The first-order valence-electron chi connectivity index (χ1n) is 38.2. The van der Waals surface area contributed by atoms with E-state index in [4.69, 9.17) is 18.9 Å². The second kappa shape index (κ2) is 69.4. The maximum atomic E-state index is 13.0. The fourth-order valence-electron chi connectivity index (χ4n) is 11.5. The SMILES string of the molecule is CCCCCCC/C=C\C/C=C\CCCCCCCCCCCCCCCCCCCCCCCCCCCCCC(=O)OC(COC(=O)CCCCCCCCCCCCC/C=C\CCCCCCCCCC)COC(OCC[N+](C)(C)C)C(=O)O. The molecular weight excluding hydrogens is 1080 g/mol. The van der Waals surface area contributed by atoms with E-state index in [0.717, 1.165) is 44.9 Å². The van der Waals surface area contributed by atoms with Gasteiger partial charge in [-0.15, -0.1) is 0 Å². The molecule has 2 unspecified atom stereocenters. The molecule has 9 heteroatoms. The number of hydrogen-bond donors (Lipinski definition) is 1. The number of rotatable bonds is 72. The van der Waals surface area contributed by atoms with Crippen LogP contribution in [-0.4, -0.2) is 87.4 Å². The minimum Gasteiger partial charge on any atom is -0.477 e. The highest BCUT2D eigenvalue weighted by molar-refractivity contribution is 5.71.